The molecule has 5 heteroatoms. The van der Waals surface area contributed by atoms with Crippen molar-refractivity contribution >= 4 is 5.91 Å². The van der Waals surface area contributed by atoms with E-state index in [0.717, 1.165) is 38.1 Å². The average molecular weight is 289 g/mol. The summed E-state index contributed by atoms with van der Waals surface area (Å²) in [5, 5.41) is 0. The summed E-state index contributed by atoms with van der Waals surface area (Å²) in [7, 11) is 1.74. The van der Waals surface area contributed by atoms with Gasteiger partial charge in [-0.25, -0.2) is 0 Å². The number of amides is 1. The highest BCUT2D eigenvalue weighted by Gasteiger charge is 2.42. The zero-order valence-corrected chi connectivity index (χ0v) is 12.6. The maximum Gasteiger partial charge on any atom is 0.223 e. The van der Waals surface area contributed by atoms with E-state index in [0.29, 0.717) is 31.0 Å². The molecule has 1 aromatic rings. The van der Waals surface area contributed by atoms with Gasteiger partial charge in [0.15, 0.2) is 0 Å². The summed E-state index contributed by atoms with van der Waals surface area (Å²) in [5.41, 5.74) is 1.16. The molecular formula is C16H23N3O2. The number of likely N-dealkylation sites (tertiary alicyclic amines) is 2. The molecule has 21 heavy (non-hydrogen) atoms. The summed E-state index contributed by atoms with van der Waals surface area (Å²) < 4.78 is 5.20. The highest BCUT2D eigenvalue weighted by atomic mass is 16.5. The van der Waals surface area contributed by atoms with Crippen LogP contribution in [0.2, 0.25) is 0 Å². The van der Waals surface area contributed by atoms with Crippen LogP contribution < -0.4 is 0 Å². The number of pyridine rings is 1. The van der Waals surface area contributed by atoms with Gasteiger partial charge in [0, 0.05) is 57.6 Å². The minimum atomic E-state index is 0.293. The molecule has 0 aromatic carbocycles. The molecule has 0 bridgehead atoms. The maximum absolute atomic E-state index is 12.3. The molecule has 2 fully saturated rings. The van der Waals surface area contributed by atoms with Gasteiger partial charge in [0.2, 0.25) is 5.91 Å². The fourth-order valence-electron chi connectivity index (χ4n) is 3.61. The number of hydrogen-bond acceptors (Lipinski definition) is 4. The number of fused-ring (bicyclic) bond motifs is 1. The van der Waals surface area contributed by atoms with Crippen molar-refractivity contribution in [2.45, 2.75) is 37.9 Å². The predicted molar refractivity (Wildman–Crippen MR) is 79.7 cm³/mol. The minimum absolute atomic E-state index is 0.293. The lowest BCUT2D eigenvalue weighted by Gasteiger charge is -2.40. The Morgan fingerprint density at radius 2 is 2.10 bits per heavy atom. The first kappa shape index (κ1) is 14.5. The lowest BCUT2D eigenvalue weighted by atomic mass is 9.95. The van der Waals surface area contributed by atoms with Crippen molar-refractivity contribution in [2.75, 3.05) is 26.8 Å². The van der Waals surface area contributed by atoms with Crippen LogP contribution in [0.3, 0.4) is 0 Å². The molecule has 0 aliphatic carbocycles. The largest absolute Gasteiger partial charge is 0.383 e. The number of hydrogen-bond donors (Lipinski definition) is 0. The molecule has 0 spiro atoms. The fourth-order valence-corrected chi connectivity index (χ4v) is 3.61. The Hall–Kier alpha value is -1.46. The van der Waals surface area contributed by atoms with Gasteiger partial charge < -0.3 is 9.64 Å². The Bertz CT molecular complexity index is 480. The molecule has 0 radical (unpaired) electrons. The van der Waals surface area contributed by atoms with Gasteiger partial charge in [-0.2, -0.15) is 0 Å². The van der Waals surface area contributed by atoms with Crippen LogP contribution in [0.5, 0.6) is 0 Å². The van der Waals surface area contributed by atoms with E-state index < -0.39 is 0 Å². The Morgan fingerprint density at radius 1 is 1.29 bits per heavy atom. The van der Waals surface area contributed by atoms with E-state index in [1.807, 2.05) is 12.1 Å². The monoisotopic (exact) mass is 289 g/mol. The summed E-state index contributed by atoms with van der Waals surface area (Å²) in [6.07, 6.45) is 6.31. The molecule has 1 amide bonds. The van der Waals surface area contributed by atoms with Gasteiger partial charge in [-0.3, -0.25) is 14.7 Å². The minimum Gasteiger partial charge on any atom is -0.383 e. The number of piperidine rings is 1. The molecule has 3 rings (SSSR count). The van der Waals surface area contributed by atoms with E-state index in [1.165, 1.54) is 0 Å². The van der Waals surface area contributed by atoms with Crippen LogP contribution in [0.1, 0.15) is 24.8 Å². The fraction of sp³-hybridized carbons (Fsp3) is 0.625. The first-order chi connectivity index (χ1) is 10.3. The van der Waals surface area contributed by atoms with Gasteiger partial charge in [-0.1, -0.05) is 0 Å². The van der Waals surface area contributed by atoms with Crippen LogP contribution >= 0.6 is 0 Å². The third-order valence-electron chi connectivity index (χ3n) is 4.68. The lowest BCUT2D eigenvalue weighted by Crippen LogP contribution is -2.52. The number of rotatable bonds is 5. The number of nitrogens with zero attached hydrogens (tertiary/aromatic N) is 3. The van der Waals surface area contributed by atoms with Gasteiger partial charge >= 0.3 is 0 Å². The van der Waals surface area contributed by atoms with E-state index in [2.05, 4.69) is 14.8 Å². The van der Waals surface area contributed by atoms with E-state index in [9.17, 15) is 4.79 Å². The molecule has 0 N–H and O–H groups in total. The van der Waals surface area contributed by atoms with Crippen molar-refractivity contribution in [3.05, 3.63) is 30.1 Å². The maximum atomic E-state index is 12.3. The molecule has 2 atom stereocenters. The standard InChI is InChI=1S/C16H23N3O2/c1-21-11-10-18-9-6-15-14(18)2-3-16(20)19(15)12-13-4-7-17-8-5-13/h4-5,7-8,14-15H,2-3,6,9-12H2,1H3/t14-,15-/m1/s1. The van der Waals surface area contributed by atoms with Crippen LogP contribution in [0, 0.1) is 0 Å². The van der Waals surface area contributed by atoms with E-state index in [4.69, 9.17) is 4.74 Å². The molecule has 2 aliphatic heterocycles. The third-order valence-corrected chi connectivity index (χ3v) is 4.68. The second-order valence-corrected chi connectivity index (χ2v) is 5.87. The van der Waals surface area contributed by atoms with Crippen molar-refractivity contribution < 1.29 is 9.53 Å². The number of aromatic nitrogens is 1. The van der Waals surface area contributed by atoms with Gasteiger partial charge in [0.1, 0.15) is 0 Å². The van der Waals surface area contributed by atoms with Crippen LogP contribution in [-0.2, 0) is 16.1 Å². The number of methoxy groups -OCH3 is 1. The highest BCUT2D eigenvalue weighted by molar-refractivity contribution is 5.77. The molecule has 3 heterocycles. The second-order valence-electron chi connectivity index (χ2n) is 5.87. The van der Waals surface area contributed by atoms with E-state index in [-0.39, 0.29) is 0 Å². The van der Waals surface area contributed by atoms with Crippen molar-refractivity contribution in [1.29, 1.82) is 0 Å². The van der Waals surface area contributed by atoms with E-state index >= 15 is 0 Å². The number of ether oxygens (including phenoxy) is 1. The number of carbonyl (C=O) groups is 1. The first-order valence-corrected chi connectivity index (χ1v) is 7.71. The number of carbonyl (C=O) groups excluding carboxylic acids is 1. The zero-order valence-electron chi connectivity index (χ0n) is 12.6. The second kappa shape index (κ2) is 6.54. The Kier molecular flexibility index (Phi) is 4.51. The van der Waals surface area contributed by atoms with Crippen LogP contribution in [0.25, 0.3) is 0 Å². The molecule has 2 saturated heterocycles. The van der Waals surface area contributed by atoms with Crippen LogP contribution in [0.4, 0.5) is 0 Å². The quantitative estimate of drug-likeness (QED) is 0.819. The summed E-state index contributed by atoms with van der Waals surface area (Å²) in [5.74, 6) is 0.293. The molecule has 0 unspecified atom stereocenters. The van der Waals surface area contributed by atoms with Crippen molar-refractivity contribution in [3.8, 4) is 0 Å². The average Bonchev–Trinajstić information content (AvgIpc) is 2.92. The highest BCUT2D eigenvalue weighted by Crippen LogP contribution is 2.32. The van der Waals surface area contributed by atoms with Gasteiger partial charge in [-0.05, 0) is 30.5 Å². The summed E-state index contributed by atoms with van der Waals surface area (Å²) in [4.78, 5) is 20.9. The van der Waals surface area contributed by atoms with Gasteiger partial charge in [0.05, 0.1) is 6.61 Å². The molecule has 114 valence electrons. The van der Waals surface area contributed by atoms with Crippen molar-refractivity contribution in [3.63, 3.8) is 0 Å². The van der Waals surface area contributed by atoms with E-state index in [1.54, 1.807) is 19.5 Å². The van der Waals surface area contributed by atoms with Crippen molar-refractivity contribution in [1.82, 2.24) is 14.8 Å². The smallest absolute Gasteiger partial charge is 0.223 e. The molecular weight excluding hydrogens is 266 g/mol. The van der Waals surface area contributed by atoms with Crippen LogP contribution in [-0.4, -0.2) is 59.6 Å². The zero-order chi connectivity index (χ0) is 14.7. The lowest BCUT2D eigenvalue weighted by molar-refractivity contribution is -0.138. The first-order valence-electron chi connectivity index (χ1n) is 7.71. The molecule has 2 aliphatic rings. The Morgan fingerprint density at radius 3 is 2.86 bits per heavy atom. The van der Waals surface area contributed by atoms with Crippen LogP contribution in [0.15, 0.2) is 24.5 Å². The summed E-state index contributed by atoms with van der Waals surface area (Å²) in [6, 6.07) is 4.85. The summed E-state index contributed by atoms with van der Waals surface area (Å²) in [6.45, 7) is 3.51. The normalized spacial score (nSPS) is 26.1. The molecule has 5 nitrogen and oxygen atoms in total. The Labute approximate surface area is 125 Å². The SMILES string of the molecule is COCCN1CC[C@@H]2[C@H]1CCC(=O)N2Cc1ccncc1. The van der Waals surface area contributed by atoms with Gasteiger partial charge in [0.25, 0.3) is 0 Å². The Balaban J connectivity index is 1.70. The van der Waals surface area contributed by atoms with Gasteiger partial charge in [-0.15, -0.1) is 0 Å². The predicted octanol–water partition coefficient (Wildman–Crippen LogP) is 1.29. The van der Waals surface area contributed by atoms with Crippen molar-refractivity contribution in [2.24, 2.45) is 0 Å². The summed E-state index contributed by atoms with van der Waals surface area (Å²) >= 11 is 0. The topological polar surface area (TPSA) is 45.7 Å². The third kappa shape index (κ3) is 3.09. The molecule has 0 saturated carbocycles. The molecule has 1 aromatic heterocycles.